The molecule has 1 heteroatoms. The molecule has 0 fully saturated rings. The Morgan fingerprint density at radius 2 is 2.00 bits per heavy atom. The molecular weight excluding hydrogens is 252 g/mol. The molecule has 1 aliphatic carbocycles. The summed E-state index contributed by atoms with van der Waals surface area (Å²) in [5.74, 6) is 0. The third-order valence-electron chi connectivity index (χ3n) is 4.95. The first-order chi connectivity index (χ1) is 8.75. The molecule has 1 unspecified atom stereocenters. The van der Waals surface area contributed by atoms with Crippen molar-refractivity contribution in [1.29, 1.82) is 0 Å². The molecule has 19 heavy (non-hydrogen) atoms. The van der Waals surface area contributed by atoms with Gasteiger partial charge in [0.2, 0.25) is 0 Å². The predicted octanol–water partition coefficient (Wildman–Crippen LogP) is 6.02. The Balaban J connectivity index is 2.41. The maximum Gasteiger partial charge on any atom is 0.0593 e. The van der Waals surface area contributed by atoms with Gasteiger partial charge in [0.15, 0.2) is 0 Å². The fourth-order valence-electron chi connectivity index (χ4n) is 2.91. The second-order valence-corrected chi connectivity index (χ2v) is 8.01. The van der Waals surface area contributed by atoms with Gasteiger partial charge in [-0.1, -0.05) is 52.8 Å². The van der Waals surface area contributed by atoms with E-state index in [1.807, 2.05) is 0 Å². The SMILES string of the molecule is CCC(C)(C)c1ccc2c(c1)C(Cl)CC(C)(C)CC2. The molecule has 0 aromatic heterocycles. The minimum absolute atomic E-state index is 0.167. The molecule has 1 aromatic rings. The number of benzene rings is 1. The summed E-state index contributed by atoms with van der Waals surface area (Å²) in [5.41, 5.74) is 4.87. The molecule has 0 aliphatic heterocycles. The summed E-state index contributed by atoms with van der Waals surface area (Å²) in [7, 11) is 0. The first-order valence-electron chi connectivity index (χ1n) is 7.52. The third-order valence-corrected chi connectivity index (χ3v) is 5.34. The van der Waals surface area contributed by atoms with Crippen LogP contribution in [0, 0.1) is 5.41 Å². The lowest BCUT2D eigenvalue weighted by atomic mass is 9.80. The molecule has 0 heterocycles. The molecule has 106 valence electrons. The molecule has 0 amide bonds. The molecule has 0 saturated heterocycles. The number of halogens is 1. The van der Waals surface area contributed by atoms with Gasteiger partial charge in [0.25, 0.3) is 0 Å². The minimum Gasteiger partial charge on any atom is -0.118 e. The molecule has 1 aliphatic rings. The largest absolute Gasteiger partial charge is 0.118 e. The summed E-state index contributed by atoms with van der Waals surface area (Å²) in [6.45, 7) is 11.6. The van der Waals surface area contributed by atoms with Crippen LogP contribution in [-0.4, -0.2) is 0 Å². The quantitative estimate of drug-likeness (QED) is 0.459. The molecular formula is C18H27Cl. The van der Waals surface area contributed by atoms with Gasteiger partial charge in [-0.15, -0.1) is 11.6 Å². The number of alkyl halides is 1. The number of rotatable bonds is 2. The van der Waals surface area contributed by atoms with Crippen LogP contribution in [0.15, 0.2) is 18.2 Å². The van der Waals surface area contributed by atoms with E-state index in [1.165, 1.54) is 29.5 Å². The summed E-state index contributed by atoms with van der Waals surface area (Å²) in [6.07, 6.45) is 4.64. The zero-order valence-electron chi connectivity index (χ0n) is 13.0. The van der Waals surface area contributed by atoms with Crippen LogP contribution in [0.5, 0.6) is 0 Å². The Morgan fingerprint density at radius 1 is 1.32 bits per heavy atom. The third kappa shape index (κ3) is 3.16. The van der Waals surface area contributed by atoms with Crippen LogP contribution >= 0.6 is 11.6 Å². The summed E-state index contributed by atoms with van der Waals surface area (Å²) in [6, 6.07) is 7.00. The molecule has 1 aromatic carbocycles. The Kier molecular flexibility index (Phi) is 4.02. The summed E-state index contributed by atoms with van der Waals surface area (Å²) >= 11 is 6.70. The Bertz CT molecular complexity index is 457. The highest BCUT2D eigenvalue weighted by atomic mass is 35.5. The molecule has 1 atom stereocenters. The zero-order chi connectivity index (χ0) is 14.3. The first-order valence-corrected chi connectivity index (χ1v) is 7.96. The van der Waals surface area contributed by atoms with E-state index in [9.17, 15) is 0 Å². The Morgan fingerprint density at radius 3 is 2.63 bits per heavy atom. The van der Waals surface area contributed by atoms with Gasteiger partial charge in [0.1, 0.15) is 0 Å². The van der Waals surface area contributed by atoms with Crippen molar-refractivity contribution in [1.82, 2.24) is 0 Å². The Labute approximate surface area is 123 Å². The minimum atomic E-state index is 0.167. The van der Waals surface area contributed by atoms with Crippen molar-refractivity contribution < 1.29 is 0 Å². The van der Waals surface area contributed by atoms with E-state index < -0.39 is 0 Å². The molecule has 0 radical (unpaired) electrons. The average Bonchev–Trinajstić information content (AvgIpc) is 2.46. The highest BCUT2D eigenvalue weighted by Gasteiger charge is 2.29. The summed E-state index contributed by atoms with van der Waals surface area (Å²) in [4.78, 5) is 0. The molecule has 0 nitrogen and oxygen atoms in total. The average molecular weight is 279 g/mol. The van der Waals surface area contributed by atoms with Crippen molar-refractivity contribution in [3.63, 3.8) is 0 Å². The van der Waals surface area contributed by atoms with Crippen molar-refractivity contribution in [2.45, 2.75) is 71.1 Å². The lowest BCUT2D eigenvalue weighted by molar-refractivity contribution is 0.313. The van der Waals surface area contributed by atoms with E-state index in [0.29, 0.717) is 5.41 Å². The maximum atomic E-state index is 6.70. The second kappa shape index (κ2) is 5.13. The fraction of sp³-hybridized carbons (Fsp3) is 0.667. The van der Waals surface area contributed by atoms with Gasteiger partial charge < -0.3 is 0 Å². The Hall–Kier alpha value is -0.490. The van der Waals surface area contributed by atoms with Crippen molar-refractivity contribution in [2.75, 3.05) is 0 Å². The van der Waals surface area contributed by atoms with Gasteiger partial charge in [0, 0.05) is 0 Å². The van der Waals surface area contributed by atoms with Gasteiger partial charge in [-0.3, -0.25) is 0 Å². The molecule has 0 N–H and O–H groups in total. The van der Waals surface area contributed by atoms with Crippen molar-refractivity contribution in [2.24, 2.45) is 5.41 Å². The lowest BCUT2D eigenvalue weighted by Crippen LogP contribution is -2.16. The van der Waals surface area contributed by atoms with E-state index in [4.69, 9.17) is 11.6 Å². The first kappa shape index (κ1) is 14.9. The predicted molar refractivity (Wildman–Crippen MR) is 85.1 cm³/mol. The second-order valence-electron chi connectivity index (χ2n) is 7.49. The van der Waals surface area contributed by atoms with Gasteiger partial charge in [-0.2, -0.15) is 0 Å². The lowest BCUT2D eigenvalue weighted by Gasteiger charge is -2.26. The maximum absolute atomic E-state index is 6.70. The van der Waals surface area contributed by atoms with Crippen LogP contribution in [0.1, 0.15) is 75.9 Å². The topological polar surface area (TPSA) is 0 Å². The zero-order valence-corrected chi connectivity index (χ0v) is 13.8. The number of hydrogen-bond acceptors (Lipinski definition) is 0. The van der Waals surface area contributed by atoms with Crippen LogP contribution in [0.2, 0.25) is 0 Å². The number of fused-ring (bicyclic) bond motifs is 1. The molecule has 0 spiro atoms. The highest BCUT2D eigenvalue weighted by Crippen LogP contribution is 2.43. The number of aryl methyl sites for hydroxylation is 1. The van der Waals surface area contributed by atoms with Crippen LogP contribution in [0.3, 0.4) is 0 Å². The normalized spacial score (nSPS) is 22.7. The standard InChI is InChI=1S/C18H27Cl/c1-6-18(4,5)14-8-7-13-9-10-17(2,3)12-16(19)15(13)11-14/h7-8,11,16H,6,9-10,12H2,1-5H3. The van der Waals surface area contributed by atoms with Crippen molar-refractivity contribution in [3.8, 4) is 0 Å². The summed E-state index contributed by atoms with van der Waals surface area (Å²) < 4.78 is 0. The number of hydrogen-bond donors (Lipinski definition) is 0. The van der Waals surface area contributed by atoms with Gasteiger partial charge in [0.05, 0.1) is 5.38 Å². The van der Waals surface area contributed by atoms with Crippen LogP contribution in [0.4, 0.5) is 0 Å². The fourth-order valence-corrected chi connectivity index (χ4v) is 3.53. The monoisotopic (exact) mass is 278 g/mol. The molecule has 0 bridgehead atoms. The van der Waals surface area contributed by atoms with E-state index >= 15 is 0 Å². The van der Waals surface area contributed by atoms with Crippen molar-refractivity contribution >= 4 is 11.6 Å². The van der Waals surface area contributed by atoms with E-state index in [0.717, 1.165) is 12.8 Å². The molecule has 2 rings (SSSR count). The van der Waals surface area contributed by atoms with Gasteiger partial charge in [-0.25, -0.2) is 0 Å². The van der Waals surface area contributed by atoms with Crippen LogP contribution in [0.25, 0.3) is 0 Å². The van der Waals surface area contributed by atoms with E-state index in [1.54, 1.807) is 0 Å². The van der Waals surface area contributed by atoms with Crippen LogP contribution < -0.4 is 0 Å². The molecule has 0 saturated carbocycles. The van der Waals surface area contributed by atoms with E-state index in [-0.39, 0.29) is 10.8 Å². The highest BCUT2D eigenvalue weighted by molar-refractivity contribution is 6.21. The smallest absolute Gasteiger partial charge is 0.0593 e. The van der Waals surface area contributed by atoms with E-state index in [2.05, 4.69) is 52.8 Å². The van der Waals surface area contributed by atoms with Gasteiger partial charge >= 0.3 is 0 Å². The van der Waals surface area contributed by atoms with Crippen molar-refractivity contribution in [3.05, 3.63) is 34.9 Å². The van der Waals surface area contributed by atoms with Crippen LogP contribution in [-0.2, 0) is 11.8 Å². The van der Waals surface area contributed by atoms with Gasteiger partial charge in [-0.05, 0) is 53.2 Å². The summed E-state index contributed by atoms with van der Waals surface area (Å²) in [5, 5.41) is 0.167.